The van der Waals surface area contributed by atoms with Crippen molar-refractivity contribution in [3.63, 3.8) is 0 Å². The predicted molar refractivity (Wildman–Crippen MR) is 137 cm³/mol. The van der Waals surface area contributed by atoms with E-state index in [1.54, 1.807) is 26.0 Å². The maximum atomic E-state index is 13.0. The van der Waals surface area contributed by atoms with E-state index in [1.807, 2.05) is 0 Å². The van der Waals surface area contributed by atoms with Gasteiger partial charge in [-0.3, -0.25) is 14.4 Å². The number of unbranched alkanes of at least 4 members (excludes halogenated alkanes) is 1. The number of phenols is 1. The average Bonchev–Trinajstić information content (AvgIpc) is 2.85. The molecule has 208 valence electrons. The van der Waals surface area contributed by atoms with E-state index in [4.69, 9.17) is 11.5 Å². The molecule has 0 spiro atoms. The third-order valence-electron chi connectivity index (χ3n) is 6.15. The number of carboxylic acids is 1. The number of aromatic hydroxyl groups is 1. The molecule has 3 amide bonds. The van der Waals surface area contributed by atoms with Gasteiger partial charge in [0.15, 0.2) is 0 Å². The molecule has 6 atom stereocenters. The van der Waals surface area contributed by atoms with Crippen LogP contribution in [-0.4, -0.2) is 75.8 Å². The Labute approximate surface area is 217 Å². The normalized spacial score (nSPS) is 15.9. The van der Waals surface area contributed by atoms with Gasteiger partial charge in [0.2, 0.25) is 17.7 Å². The van der Waals surface area contributed by atoms with Gasteiger partial charge in [0, 0.05) is 0 Å². The molecule has 0 fully saturated rings. The van der Waals surface area contributed by atoms with Crippen molar-refractivity contribution in [2.45, 2.75) is 83.1 Å². The van der Waals surface area contributed by atoms with Crippen molar-refractivity contribution < 1.29 is 34.5 Å². The van der Waals surface area contributed by atoms with Gasteiger partial charge in [-0.25, -0.2) is 4.79 Å². The van der Waals surface area contributed by atoms with E-state index in [0.717, 1.165) is 0 Å². The van der Waals surface area contributed by atoms with Gasteiger partial charge >= 0.3 is 5.97 Å². The Morgan fingerprint density at radius 1 is 0.919 bits per heavy atom. The summed E-state index contributed by atoms with van der Waals surface area (Å²) in [6.07, 6.45) is 0.570. The number of rotatable bonds is 16. The fourth-order valence-corrected chi connectivity index (χ4v) is 3.60. The molecule has 0 radical (unpaired) electrons. The zero-order valence-corrected chi connectivity index (χ0v) is 21.6. The Balaban J connectivity index is 2.95. The van der Waals surface area contributed by atoms with E-state index < -0.39 is 54.0 Å². The van der Waals surface area contributed by atoms with E-state index in [9.17, 15) is 34.5 Å². The summed E-state index contributed by atoms with van der Waals surface area (Å²) in [5, 5.41) is 36.5. The number of nitrogens with two attached hydrogens (primary N) is 2. The molecule has 0 heterocycles. The van der Waals surface area contributed by atoms with E-state index >= 15 is 0 Å². The zero-order chi connectivity index (χ0) is 28.1. The molecule has 12 heteroatoms. The number of hydrogen-bond acceptors (Lipinski definition) is 8. The van der Waals surface area contributed by atoms with Crippen LogP contribution in [0.3, 0.4) is 0 Å². The third kappa shape index (κ3) is 10.7. The summed E-state index contributed by atoms with van der Waals surface area (Å²) in [7, 11) is 0. The largest absolute Gasteiger partial charge is 0.508 e. The van der Waals surface area contributed by atoms with Crippen molar-refractivity contribution in [3.8, 4) is 5.75 Å². The van der Waals surface area contributed by atoms with E-state index in [-0.39, 0.29) is 24.5 Å². The molecule has 1 rings (SSSR count). The molecule has 37 heavy (non-hydrogen) atoms. The molecule has 0 aliphatic carbocycles. The standard InChI is InChI=1S/C25H41N5O7/c1-4-14(2)20(25(36)37)29-23(34)19(7-5-6-12-26)28-24(35)21(15(3)31)30-22(33)18(27)13-16-8-10-17(32)11-9-16/h8-11,14-15,18-21,31-32H,4-7,12-13,26-27H2,1-3H3,(H,28,35)(H,29,34)(H,30,33)(H,36,37). The van der Waals surface area contributed by atoms with Gasteiger partial charge in [0.25, 0.3) is 0 Å². The topological polar surface area (TPSA) is 217 Å². The quantitative estimate of drug-likeness (QED) is 0.129. The number of carboxylic acid groups (broad SMARTS) is 1. The number of carbonyl (C=O) groups is 4. The van der Waals surface area contributed by atoms with Crippen LogP contribution in [0, 0.1) is 5.92 Å². The molecular weight excluding hydrogens is 482 g/mol. The Morgan fingerprint density at radius 3 is 2.03 bits per heavy atom. The van der Waals surface area contributed by atoms with E-state index in [0.29, 0.717) is 31.4 Å². The summed E-state index contributed by atoms with van der Waals surface area (Å²) in [4.78, 5) is 50.3. The molecule has 0 aromatic heterocycles. The number of benzene rings is 1. The van der Waals surface area contributed by atoms with Crippen molar-refractivity contribution >= 4 is 23.7 Å². The second-order valence-electron chi connectivity index (χ2n) is 9.26. The van der Waals surface area contributed by atoms with Gasteiger partial charge < -0.3 is 42.7 Å². The van der Waals surface area contributed by atoms with Crippen LogP contribution < -0.4 is 27.4 Å². The Bertz CT molecular complexity index is 894. The highest BCUT2D eigenvalue weighted by Crippen LogP contribution is 2.12. The van der Waals surface area contributed by atoms with E-state index in [1.165, 1.54) is 19.1 Å². The van der Waals surface area contributed by atoms with Crippen LogP contribution in [0.4, 0.5) is 0 Å². The lowest BCUT2D eigenvalue weighted by atomic mass is 9.98. The molecule has 1 aromatic carbocycles. The van der Waals surface area contributed by atoms with Crippen LogP contribution in [0.15, 0.2) is 24.3 Å². The fraction of sp³-hybridized carbons (Fsp3) is 0.600. The van der Waals surface area contributed by atoms with Crippen molar-refractivity contribution in [2.75, 3.05) is 6.54 Å². The highest BCUT2D eigenvalue weighted by atomic mass is 16.4. The summed E-state index contributed by atoms with van der Waals surface area (Å²) in [6, 6.07) is 1.42. The minimum atomic E-state index is -1.41. The lowest BCUT2D eigenvalue weighted by Crippen LogP contribution is -2.60. The highest BCUT2D eigenvalue weighted by Gasteiger charge is 2.33. The Hall–Kier alpha value is -3.22. The summed E-state index contributed by atoms with van der Waals surface area (Å²) >= 11 is 0. The molecule has 6 unspecified atom stereocenters. The van der Waals surface area contributed by atoms with Crippen molar-refractivity contribution in [1.29, 1.82) is 0 Å². The Morgan fingerprint density at radius 2 is 1.51 bits per heavy atom. The monoisotopic (exact) mass is 523 g/mol. The molecule has 0 aliphatic rings. The molecule has 0 bridgehead atoms. The number of amides is 3. The van der Waals surface area contributed by atoms with Gasteiger partial charge in [0.1, 0.15) is 23.9 Å². The maximum Gasteiger partial charge on any atom is 0.326 e. The lowest BCUT2D eigenvalue weighted by molar-refractivity contribution is -0.144. The van der Waals surface area contributed by atoms with E-state index in [2.05, 4.69) is 16.0 Å². The number of aliphatic hydroxyl groups is 1. The summed E-state index contributed by atoms with van der Waals surface area (Å²) in [6.45, 7) is 5.18. The number of aliphatic hydroxyl groups excluding tert-OH is 1. The van der Waals surface area contributed by atoms with Crippen LogP contribution in [0.5, 0.6) is 5.75 Å². The first kappa shape index (κ1) is 31.8. The van der Waals surface area contributed by atoms with Crippen molar-refractivity contribution in [1.82, 2.24) is 16.0 Å². The average molecular weight is 524 g/mol. The second-order valence-corrected chi connectivity index (χ2v) is 9.26. The van der Waals surface area contributed by atoms with Crippen molar-refractivity contribution in [3.05, 3.63) is 29.8 Å². The number of hydrogen-bond donors (Lipinski definition) is 8. The summed E-state index contributed by atoms with van der Waals surface area (Å²) in [5.74, 6) is -3.66. The minimum absolute atomic E-state index is 0.0662. The van der Waals surface area contributed by atoms with Gasteiger partial charge in [-0.1, -0.05) is 32.4 Å². The van der Waals surface area contributed by atoms with Crippen LogP contribution in [0.2, 0.25) is 0 Å². The lowest BCUT2D eigenvalue weighted by Gasteiger charge is -2.27. The Kier molecular flexibility index (Phi) is 13.6. The van der Waals surface area contributed by atoms with Crippen LogP contribution in [0.1, 0.15) is 52.0 Å². The van der Waals surface area contributed by atoms with Crippen LogP contribution in [0.25, 0.3) is 0 Å². The second kappa shape index (κ2) is 15.8. The smallest absolute Gasteiger partial charge is 0.326 e. The molecule has 0 saturated carbocycles. The van der Waals surface area contributed by atoms with Gasteiger partial charge in [-0.05, 0) is 62.8 Å². The molecule has 10 N–H and O–H groups in total. The summed E-state index contributed by atoms with van der Waals surface area (Å²) in [5.41, 5.74) is 12.2. The minimum Gasteiger partial charge on any atom is -0.508 e. The molecule has 12 nitrogen and oxygen atoms in total. The van der Waals surface area contributed by atoms with Crippen LogP contribution in [-0.2, 0) is 25.6 Å². The highest BCUT2D eigenvalue weighted by molar-refractivity contribution is 5.94. The molecule has 0 aliphatic heterocycles. The maximum absolute atomic E-state index is 13.0. The third-order valence-corrected chi connectivity index (χ3v) is 6.15. The van der Waals surface area contributed by atoms with Gasteiger partial charge in [-0.15, -0.1) is 0 Å². The number of aliphatic carboxylic acids is 1. The summed E-state index contributed by atoms with van der Waals surface area (Å²) < 4.78 is 0. The predicted octanol–water partition coefficient (Wildman–Crippen LogP) is -0.643. The molecular formula is C25H41N5O7. The van der Waals surface area contributed by atoms with Crippen LogP contribution >= 0.6 is 0 Å². The number of nitrogens with one attached hydrogen (secondary N) is 3. The fourth-order valence-electron chi connectivity index (χ4n) is 3.60. The SMILES string of the molecule is CCC(C)C(NC(=O)C(CCCCN)NC(=O)C(NC(=O)C(N)Cc1ccc(O)cc1)C(C)O)C(=O)O. The first-order valence-corrected chi connectivity index (χ1v) is 12.5. The molecule has 0 saturated heterocycles. The van der Waals surface area contributed by atoms with Crippen molar-refractivity contribution in [2.24, 2.45) is 17.4 Å². The zero-order valence-electron chi connectivity index (χ0n) is 21.6. The molecule has 1 aromatic rings. The van der Waals surface area contributed by atoms with Gasteiger partial charge in [-0.2, -0.15) is 0 Å². The first-order valence-electron chi connectivity index (χ1n) is 12.5. The number of carbonyl (C=O) groups excluding carboxylic acids is 3. The number of phenolic OH excluding ortho intramolecular Hbond substituents is 1. The van der Waals surface area contributed by atoms with Gasteiger partial charge in [0.05, 0.1) is 12.1 Å². The first-order chi connectivity index (χ1) is 17.4.